The molecule has 1 aliphatic rings. The second kappa shape index (κ2) is 4.87. The Bertz CT molecular complexity index is 392. The third-order valence-electron chi connectivity index (χ3n) is 3.10. The molecule has 0 bridgehead atoms. The summed E-state index contributed by atoms with van der Waals surface area (Å²) in [7, 11) is 0. The largest absolute Gasteiger partial charge is 0.476 e. The van der Waals surface area contributed by atoms with Crippen LogP contribution in [-0.4, -0.2) is 34.2 Å². The standard InChI is InChI=1S/C12H18N2O3/c1-8-3-9(2)6-14(5-8)7-10-4-11(12(15)16)13-17-10/h4,8-9H,3,5-7H2,1-2H3,(H,15,16). The van der Waals surface area contributed by atoms with Gasteiger partial charge in [-0.3, -0.25) is 4.90 Å². The van der Waals surface area contributed by atoms with Crippen LogP contribution in [0.3, 0.4) is 0 Å². The molecule has 0 amide bonds. The summed E-state index contributed by atoms with van der Waals surface area (Å²) >= 11 is 0. The van der Waals surface area contributed by atoms with Gasteiger partial charge in [0.25, 0.3) is 0 Å². The highest BCUT2D eigenvalue weighted by molar-refractivity contribution is 5.85. The first-order valence-electron chi connectivity index (χ1n) is 5.96. The zero-order chi connectivity index (χ0) is 12.4. The van der Waals surface area contributed by atoms with Gasteiger partial charge in [0.2, 0.25) is 0 Å². The molecule has 0 spiro atoms. The second-order valence-corrected chi connectivity index (χ2v) is 5.12. The number of aromatic nitrogens is 1. The minimum atomic E-state index is -1.04. The van der Waals surface area contributed by atoms with Crippen LogP contribution in [0, 0.1) is 11.8 Å². The van der Waals surface area contributed by atoms with E-state index in [9.17, 15) is 4.79 Å². The van der Waals surface area contributed by atoms with Gasteiger partial charge in [-0.15, -0.1) is 0 Å². The van der Waals surface area contributed by atoms with Crippen molar-refractivity contribution in [2.75, 3.05) is 13.1 Å². The van der Waals surface area contributed by atoms with Crippen molar-refractivity contribution in [2.24, 2.45) is 11.8 Å². The molecule has 0 aliphatic carbocycles. The molecule has 0 saturated carbocycles. The van der Waals surface area contributed by atoms with Gasteiger partial charge in [0.15, 0.2) is 11.5 Å². The van der Waals surface area contributed by atoms with Gasteiger partial charge in [0.1, 0.15) is 0 Å². The van der Waals surface area contributed by atoms with Crippen molar-refractivity contribution in [3.63, 3.8) is 0 Å². The highest BCUT2D eigenvalue weighted by Crippen LogP contribution is 2.22. The first-order chi connectivity index (χ1) is 8.04. The number of carboxylic acid groups (broad SMARTS) is 1. The number of likely N-dealkylation sites (tertiary alicyclic amines) is 1. The van der Waals surface area contributed by atoms with Crippen molar-refractivity contribution in [2.45, 2.75) is 26.8 Å². The van der Waals surface area contributed by atoms with Crippen LogP contribution in [0.25, 0.3) is 0 Å². The first kappa shape index (κ1) is 12.1. The topological polar surface area (TPSA) is 66.6 Å². The van der Waals surface area contributed by atoms with Crippen molar-refractivity contribution < 1.29 is 14.4 Å². The van der Waals surface area contributed by atoms with Crippen LogP contribution in [0.15, 0.2) is 10.6 Å². The number of carbonyl (C=O) groups is 1. The first-order valence-corrected chi connectivity index (χ1v) is 5.96. The minimum absolute atomic E-state index is 0.0156. The maximum Gasteiger partial charge on any atom is 0.358 e. The third kappa shape index (κ3) is 3.06. The Balaban J connectivity index is 1.97. The Morgan fingerprint density at radius 1 is 1.53 bits per heavy atom. The van der Waals surface area contributed by atoms with E-state index in [4.69, 9.17) is 9.63 Å². The Morgan fingerprint density at radius 3 is 2.71 bits per heavy atom. The molecule has 1 fully saturated rings. The average molecular weight is 238 g/mol. The molecule has 94 valence electrons. The van der Waals surface area contributed by atoms with Crippen LogP contribution in [0.5, 0.6) is 0 Å². The summed E-state index contributed by atoms with van der Waals surface area (Å²) in [5.41, 5.74) is -0.0156. The zero-order valence-corrected chi connectivity index (χ0v) is 10.2. The lowest BCUT2D eigenvalue weighted by atomic mass is 9.92. The Hall–Kier alpha value is -1.36. The van der Waals surface area contributed by atoms with Gasteiger partial charge in [-0.05, 0) is 18.3 Å². The maximum atomic E-state index is 10.7. The Morgan fingerprint density at radius 2 is 2.18 bits per heavy atom. The van der Waals surface area contributed by atoms with Crippen molar-refractivity contribution >= 4 is 5.97 Å². The highest BCUT2D eigenvalue weighted by Gasteiger charge is 2.23. The second-order valence-electron chi connectivity index (χ2n) is 5.12. The molecular weight excluding hydrogens is 220 g/mol. The lowest BCUT2D eigenvalue weighted by molar-refractivity contribution is 0.0685. The molecule has 2 atom stereocenters. The Kier molecular flexibility index (Phi) is 3.47. The monoisotopic (exact) mass is 238 g/mol. The summed E-state index contributed by atoms with van der Waals surface area (Å²) in [5.74, 6) is 0.949. The number of hydrogen-bond donors (Lipinski definition) is 1. The van der Waals surface area contributed by atoms with Crippen molar-refractivity contribution in [1.29, 1.82) is 0 Å². The quantitative estimate of drug-likeness (QED) is 0.870. The fourth-order valence-electron chi connectivity index (χ4n) is 2.63. The van der Waals surface area contributed by atoms with Gasteiger partial charge in [-0.1, -0.05) is 19.0 Å². The van der Waals surface area contributed by atoms with Gasteiger partial charge in [-0.25, -0.2) is 4.79 Å². The van der Waals surface area contributed by atoms with E-state index in [1.54, 1.807) is 0 Å². The van der Waals surface area contributed by atoms with Crippen LogP contribution in [0.1, 0.15) is 36.5 Å². The normalized spacial score (nSPS) is 26.0. The van der Waals surface area contributed by atoms with Crippen molar-refractivity contribution in [3.8, 4) is 0 Å². The van der Waals surface area contributed by atoms with Crippen LogP contribution in [-0.2, 0) is 6.54 Å². The minimum Gasteiger partial charge on any atom is -0.476 e. The molecule has 2 heterocycles. The molecule has 1 N–H and O–H groups in total. The molecule has 0 aromatic carbocycles. The summed E-state index contributed by atoms with van der Waals surface area (Å²) in [6, 6.07) is 1.51. The molecule has 5 nitrogen and oxygen atoms in total. The number of piperidine rings is 1. The molecule has 1 aromatic rings. The molecule has 2 unspecified atom stereocenters. The predicted molar refractivity (Wildman–Crippen MR) is 61.7 cm³/mol. The smallest absolute Gasteiger partial charge is 0.358 e. The van der Waals surface area contributed by atoms with Gasteiger partial charge < -0.3 is 9.63 Å². The van der Waals surface area contributed by atoms with E-state index >= 15 is 0 Å². The molecule has 17 heavy (non-hydrogen) atoms. The van der Waals surface area contributed by atoms with Crippen LogP contribution in [0.2, 0.25) is 0 Å². The Labute approximate surface area is 100 Å². The SMILES string of the molecule is CC1CC(C)CN(Cc2cc(C(=O)O)no2)C1. The lowest BCUT2D eigenvalue weighted by Crippen LogP contribution is -2.37. The number of hydrogen-bond acceptors (Lipinski definition) is 4. The number of rotatable bonds is 3. The zero-order valence-electron chi connectivity index (χ0n) is 10.2. The van der Waals surface area contributed by atoms with Crippen LogP contribution >= 0.6 is 0 Å². The fraction of sp³-hybridized carbons (Fsp3) is 0.667. The number of nitrogens with zero attached hydrogens (tertiary/aromatic N) is 2. The number of aromatic carboxylic acids is 1. The molecular formula is C12H18N2O3. The molecule has 2 rings (SSSR count). The van der Waals surface area contributed by atoms with E-state index in [0.717, 1.165) is 13.1 Å². The van der Waals surface area contributed by atoms with E-state index in [0.29, 0.717) is 24.1 Å². The summed E-state index contributed by atoms with van der Waals surface area (Å²) in [6.45, 7) is 7.20. The average Bonchev–Trinajstić information content (AvgIpc) is 2.64. The van der Waals surface area contributed by atoms with Crippen molar-refractivity contribution in [3.05, 3.63) is 17.5 Å². The fourth-order valence-corrected chi connectivity index (χ4v) is 2.63. The predicted octanol–water partition coefficient (Wildman–Crippen LogP) is 1.85. The van der Waals surface area contributed by atoms with Crippen LogP contribution in [0.4, 0.5) is 0 Å². The van der Waals surface area contributed by atoms with E-state index in [2.05, 4.69) is 23.9 Å². The van der Waals surface area contributed by atoms with Crippen LogP contribution < -0.4 is 0 Å². The van der Waals surface area contributed by atoms with Gasteiger partial charge in [-0.2, -0.15) is 0 Å². The van der Waals surface area contributed by atoms with Gasteiger partial charge >= 0.3 is 5.97 Å². The van der Waals surface area contributed by atoms with E-state index in [-0.39, 0.29) is 5.69 Å². The third-order valence-corrected chi connectivity index (χ3v) is 3.10. The summed E-state index contributed by atoms with van der Waals surface area (Å²) in [4.78, 5) is 13.0. The van der Waals surface area contributed by atoms with E-state index in [1.807, 2.05) is 0 Å². The molecule has 1 saturated heterocycles. The molecule has 1 aliphatic heterocycles. The maximum absolute atomic E-state index is 10.7. The lowest BCUT2D eigenvalue weighted by Gasteiger charge is -2.34. The van der Waals surface area contributed by atoms with Gasteiger partial charge in [0, 0.05) is 19.2 Å². The summed E-state index contributed by atoms with van der Waals surface area (Å²) < 4.78 is 5.03. The van der Waals surface area contributed by atoms with E-state index < -0.39 is 5.97 Å². The van der Waals surface area contributed by atoms with E-state index in [1.165, 1.54) is 12.5 Å². The number of carboxylic acids is 1. The molecule has 5 heteroatoms. The van der Waals surface area contributed by atoms with Gasteiger partial charge in [0.05, 0.1) is 6.54 Å². The summed E-state index contributed by atoms with van der Waals surface area (Å²) in [6.07, 6.45) is 1.26. The molecule has 1 aromatic heterocycles. The molecule has 0 radical (unpaired) electrons. The van der Waals surface area contributed by atoms with Crippen molar-refractivity contribution in [1.82, 2.24) is 10.1 Å². The summed E-state index contributed by atoms with van der Waals surface area (Å²) in [5, 5.41) is 12.3. The highest BCUT2D eigenvalue weighted by atomic mass is 16.5.